The molecule has 1 aliphatic heterocycles. The average Bonchev–Trinajstić information content (AvgIpc) is 2.91. The van der Waals surface area contributed by atoms with Gasteiger partial charge in [-0.25, -0.2) is 4.98 Å². The van der Waals surface area contributed by atoms with Crippen molar-refractivity contribution in [2.24, 2.45) is 0 Å². The van der Waals surface area contributed by atoms with E-state index in [-0.39, 0.29) is 23.0 Å². The SMILES string of the molecule is CC(=O)c1sc2nc(SCC(=O)N3CCOCC3)[nH]c(=O)c2c1C. The van der Waals surface area contributed by atoms with Gasteiger partial charge in [-0.1, -0.05) is 11.8 Å². The number of ketones is 1. The van der Waals surface area contributed by atoms with Crippen LogP contribution in [0, 0.1) is 6.92 Å². The molecule has 9 heteroatoms. The van der Waals surface area contributed by atoms with Gasteiger partial charge in [0.2, 0.25) is 5.91 Å². The second-order valence-corrected chi connectivity index (χ2v) is 7.41. The summed E-state index contributed by atoms with van der Waals surface area (Å²) in [5.41, 5.74) is 0.389. The molecule has 24 heavy (non-hydrogen) atoms. The number of rotatable bonds is 4. The Morgan fingerprint density at radius 1 is 1.38 bits per heavy atom. The highest BCUT2D eigenvalue weighted by atomic mass is 32.2. The summed E-state index contributed by atoms with van der Waals surface area (Å²) in [6.45, 7) is 5.52. The summed E-state index contributed by atoms with van der Waals surface area (Å²) in [4.78, 5) is 46.0. The van der Waals surface area contributed by atoms with Gasteiger partial charge in [0.05, 0.1) is 29.2 Å². The summed E-state index contributed by atoms with van der Waals surface area (Å²) < 4.78 is 5.22. The molecule has 1 aliphatic rings. The largest absolute Gasteiger partial charge is 0.378 e. The second-order valence-electron chi connectivity index (χ2n) is 5.45. The molecule has 0 bridgehead atoms. The molecular weight excluding hydrogens is 350 g/mol. The molecule has 0 unspecified atom stereocenters. The third-order valence-corrected chi connectivity index (χ3v) is 5.94. The summed E-state index contributed by atoms with van der Waals surface area (Å²) in [7, 11) is 0. The number of carbonyl (C=O) groups is 2. The number of Topliss-reactive ketones (excluding diaryl/α,β-unsaturated/α-hetero) is 1. The number of morpholine rings is 1. The number of amides is 1. The van der Waals surface area contributed by atoms with Crippen LogP contribution in [-0.2, 0) is 9.53 Å². The minimum Gasteiger partial charge on any atom is -0.378 e. The quantitative estimate of drug-likeness (QED) is 0.499. The van der Waals surface area contributed by atoms with E-state index in [0.29, 0.717) is 52.1 Å². The lowest BCUT2D eigenvalue weighted by Gasteiger charge is -2.26. The maximum absolute atomic E-state index is 12.3. The molecule has 128 valence electrons. The van der Waals surface area contributed by atoms with E-state index >= 15 is 0 Å². The first-order chi connectivity index (χ1) is 11.5. The molecule has 7 nitrogen and oxygen atoms in total. The molecule has 0 aromatic carbocycles. The summed E-state index contributed by atoms with van der Waals surface area (Å²) in [5, 5.41) is 0.847. The zero-order valence-corrected chi connectivity index (χ0v) is 15.0. The van der Waals surface area contributed by atoms with E-state index in [1.165, 1.54) is 30.0 Å². The van der Waals surface area contributed by atoms with Gasteiger partial charge in [0, 0.05) is 13.1 Å². The predicted octanol–water partition coefficient (Wildman–Crippen LogP) is 1.45. The Hall–Kier alpha value is -1.71. The van der Waals surface area contributed by atoms with Crippen molar-refractivity contribution in [1.29, 1.82) is 0 Å². The third-order valence-electron chi connectivity index (χ3n) is 3.79. The maximum Gasteiger partial charge on any atom is 0.260 e. The zero-order valence-electron chi connectivity index (χ0n) is 13.4. The van der Waals surface area contributed by atoms with E-state index < -0.39 is 0 Å². The number of H-pyrrole nitrogens is 1. The second kappa shape index (κ2) is 7.04. The fraction of sp³-hybridized carbons (Fsp3) is 0.467. The lowest BCUT2D eigenvalue weighted by Crippen LogP contribution is -2.41. The van der Waals surface area contributed by atoms with Crippen molar-refractivity contribution in [1.82, 2.24) is 14.9 Å². The molecule has 0 saturated carbocycles. The van der Waals surface area contributed by atoms with Gasteiger partial charge in [-0.05, 0) is 19.4 Å². The van der Waals surface area contributed by atoms with E-state index in [9.17, 15) is 14.4 Å². The Balaban J connectivity index is 1.79. The molecule has 1 fully saturated rings. The van der Waals surface area contributed by atoms with Crippen molar-refractivity contribution in [2.45, 2.75) is 19.0 Å². The van der Waals surface area contributed by atoms with E-state index in [0.717, 1.165) is 0 Å². The fourth-order valence-electron chi connectivity index (χ4n) is 2.56. The highest BCUT2D eigenvalue weighted by molar-refractivity contribution is 7.99. The van der Waals surface area contributed by atoms with Crippen LogP contribution in [0.15, 0.2) is 9.95 Å². The van der Waals surface area contributed by atoms with Crippen LogP contribution in [0.25, 0.3) is 10.2 Å². The van der Waals surface area contributed by atoms with E-state index in [4.69, 9.17) is 4.74 Å². The minimum absolute atomic E-state index is 0.00201. The molecule has 2 aromatic rings. The number of hydrogen-bond donors (Lipinski definition) is 1. The first kappa shape index (κ1) is 17.1. The number of carbonyl (C=O) groups excluding carboxylic acids is 2. The van der Waals surface area contributed by atoms with Crippen LogP contribution in [0.1, 0.15) is 22.2 Å². The molecule has 0 aliphatic carbocycles. The average molecular weight is 367 g/mol. The molecule has 1 amide bonds. The van der Waals surface area contributed by atoms with Gasteiger partial charge in [-0.15, -0.1) is 11.3 Å². The van der Waals surface area contributed by atoms with Crippen molar-refractivity contribution in [2.75, 3.05) is 32.1 Å². The monoisotopic (exact) mass is 367 g/mol. The fourth-order valence-corrected chi connectivity index (χ4v) is 4.46. The number of nitrogens with one attached hydrogen (secondary N) is 1. The van der Waals surface area contributed by atoms with Crippen molar-refractivity contribution >= 4 is 45.0 Å². The van der Waals surface area contributed by atoms with Crippen molar-refractivity contribution in [3.8, 4) is 0 Å². The van der Waals surface area contributed by atoms with Gasteiger partial charge in [0.1, 0.15) is 4.83 Å². The number of thiophene rings is 1. The molecule has 1 saturated heterocycles. The molecule has 2 aromatic heterocycles. The first-order valence-electron chi connectivity index (χ1n) is 7.50. The predicted molar refractivity (Wildman–Crippen MR) is 93.1 cm³/mol. The van der Waals surface area contributed by atoms with Crippen LogP contribution in [0.3, 0.4) is 0 Å². The number of aromatic nitrogens is 2. The molecule has 1 N–H and O–H groups in total. The van der Waals surface area contributed by atoms with Crippen LogP contribution >= 0.6 is 23.1 Å². The Kier molecular flexibility index (Phi) is 5.02. The lowest BCUT2D eigenvalue weighted by molar-refractivity contribution is -0.132. The molecular formula is C15H17N3O4S2. The van der Waals surface area contributed by atoms with E-state index in [1.807, 2.05) is 0 Å². The number of nitrogens with zero attached hydrogens (tertiary/aromatic N) is 2. The minimum atomic E-state index is -0.275. The van der Waals surface area contributed by atoms with Crippen molar-refractivity contribution in [3.05, 3.63) is 20.8 Å². The summed E-state index contributed by atoms with van der Waals surface area (Å²) >= 11 is 2.41. The lowest BCUT2D eigenvalue weighted by atomic mass is 10.2. The van der Waals surface area contributed by atoms with Crippen LogP contribution < -0.4 is 5.56 Å². The Bertz CT molecular complexity index is 852. The number of ether oxygens (including phenoxy) is 1. The molecule has 0 spiro atoms. The Morgan fingerprint density at radius 2 is 2.08 bits per heavy atom. The number of fused-ring (bicyclic) bond motifs is 1. The van der Waals surface area contributed by atoms with Gasteiger partial charge in [-0.3, -0.25) is 14.4 Å². The normalized spacial score (nSPS) is 15.0. The zero-order chi connectivity index (χ0) is 17.3. The van der Waals surface area contributed by atoms with Crippen molar-refractivity contribution in [3.63, 3.8) is 0 Å². The number of thioether (sulfide) groups is 1. The molecule has 0 atom stereocenters. The Labute approximate surface area is 146 Å². The highest BCUT2D eigenvalue weighted by Gasteiger charge is 2.19. The van der Waals surface area contributed by atoms with Gasteiger partial charge in [0.15, 0.2) is 10.9 Å². The van der Waals surface area contributed by atoms with Crippen molar-refractivity contribution < 1.29 is 14.3 Å². The molecule has 0 radical (unpaired) electrons. The van der Waals surface area contributed by atoms with Crippen LogP contribution in [0.4, 0.5) is 0 Å². The standard InChI is InChI=1S/C15H17N3O4S2/c1-8-11-13(21)16-15(17-14(11)24-12(8)9(2)19)23-7-10(20)18-3-5-22-6-4-18/h3-7H2,1-2H3,(H,16,17,21). The third kappa shape index (κ3) is 3.38. The van der Waals surface area contributed by atoms with Gasteiger partial charge >= 0.3 is 0 Å². The number of hydrogen-bond acceptors (Lipinski definition) is 7. The smallest absolute Gasteiger partial charge is 0.260 e. The van der Waals surface area contributed by atoms with E-state index in [1.54, 1.807) is 11.8 Å². The van der Waals surface area contributed by atoms with Gasteiger partial charge in [0.25, 0.3) is 5.56 Å². The van der Waals surface area contributed by atoms with Gasteiger partial charge in [-0.2, -0.15) is 0 Å². The first-order valence-corrected chi connectivity index (χ1v) is 9.30. The van der Waals surface area contributed by atoms with Crippen LogP contribution in [0.5, 0.6) is 0 Å². The van der Waals surface area contributed by atoms with E-state index in [2.05, 4.69) is 9.97 Å². The van der Waals surface area contributed by atoms with Crippen LogP contribution in [0.2, 0.25) is 0 Å². The Morgan fingerprint density at radius 3 is 2.75 bits per heavy atom. The summed E-state index contributed by atoms with van der Waals surface area (Å²) in [5.74, 6) is 0.127. The molecule has 3 rings (SSSR count). The number of aromatic amines is 1. The van der Waals surface area contributed by atoms with Crippen LogP contribution in [-0.4, -0.2) is 58.6 Å². The maximum atomic E-state index is 12.3. The highest BCUT2D eigenvalue weighted by Crippen LogP contribution is 2.28. The number of aryl methyl sites for hydroxylation is 1. The summed E-state index contributed by atoms with van der Waals surface area (Å²) in [6, 6.07) is 0. The van der Waals surface area contributed by atoms with Gasteiger partial charge < -0.3 is 14.6 Å². The topological polar surface area (TPSA) is 92.4 Å². The molecule has 3 heterocycles. The summed E-state index contributed by atoms with van der Waals surface area (Å²) in [6.07, 6.45) is 0.